The van der Waals surface area contributed by atoms with Crippen molar-refractivity contribution in [1.82, 2.24) is 15.1 Å². The number of amides is 2. The van der Waals surface area contributed by atoms with Crippen molar-refractivity contribution in [2.75, 3.05) is 26.7 Å². The van der Waals surface area contributed by atoms with Crippen LogP contribution in [-0.4, -0.2) is 66.5 Å². The molecule has 0 aromatic heterocycles. The van der Waals surface area contributed by atoms with Crippen molar-refractivity contribution in [2.24, 2.45) is 17.6 Å². The van der Waals surface area contributed by atoms with Crippen molar-refractivity contribution < 1.29 is 14.3 Å². The molecule has 4 atom stereocenters. The largest absolute Gasteiger partial charge is 0.497 e. The van der Waals surface area contributed by atoms with Gasteiger partial charge in [0.15, 0.2) is 0 Å². The molecule has 3 N–H and O–H groups in total. The summed E-state index contributed by atoms with van der Waals surface area (Å²) in [5.41, 5.74) is 9.09. The van der Waals surface area contributed by atoms with Gasteiger partial charge in [0.05, 0.1) is 7.11 Å². The predicted molar refractivity (Wildman–Crippen MR) is 158 cm³/mol. The van der Waals surface area contributed by atoms with Gasteiger partial charge in [-0.1, -0.05) is 42.3 Å². The second-order valence-electron chi connectivity index (χ2n) is 12.2. The van der Waals surface area contributed by atoms with E-state index in [1.165, 1.54) is 36.8 Å². The number of rotatable bonds is 10. The summed E-state index contributed by atoms with van der Waals surface area (Å²) >= 11 is 0. The van der Waals surface area contributed by atoms with Crippen LogP contribution >= 0.6 is 0 Å². The van der Waals surface area contributed by atoms with Crippen LogP contribution in [0.15, 0.2) is 48.5 Å². The molecule has 40 heavy (non-hydrogen) atoms. The van der Waals surface area contributed by atoms with Gasteiger partial charge in [-0.15, -0.1) is 0 Å². The first-order chi connectivity index (χ1) is 19.4. The summed E-state index contributed by atoms with van der Waals surface area (Å²) in [6.45, 7) is 4.94. The fourth-order valence-electron chi connectivity index (χ4n) is 6.69. The second-order valence-corrected chi connectivity index (χ2v) is 12.2. The topological polar surface area (TPSA) is 87.9 Å². The minimum absolute atomic E-state index is 0.0260. The summed E-state index contributed by atoms with van der Waals surface area (Å²) in [4.78, 5) is 32.0. The molecule has 1 aliphatic heterocycles. The van der Waals surface area contributed by atoms with Gasteiger partial charge >= 0.3 is 0 Å². The van der Waals surface area contributed by atoms with E-state index in [1.54, 1.807) is 18.1 Å². The van der Waals surface area contributed by atoms with Crippen molar-refractivity contribution in [3.8, 4) is 5.75 Å². The maximum atomic E-state index is 13.8. The van der Waals surface area contributed by atoms with Gasteiger partial charge in [0.2, 0.25) is 5.91 Å². The fourth-order valence-corrected chi connectivity index (χ4v) is 6.69. The van der Waals surface area contributed by atoms with E-state index in [0.29, 0.717) is 48.7 Å². The highest BCUT2D eigenvalue weighted by atomic mass is 16.5. The first kappa shape index (κ1) is 28.6. The number of aryl methyl sites for hydroxylation is 1. The number of piperidine rings is 1. The zero-order valence-electron chi connectivity index (χ0n) is 24.2. The number of hydrogen-bond acceptors (Lipinski definition) is 5. The molecule has 7 heteroatoms. The number of methoxy groups -OCH3 is 1. The molecule has 0 radical (unpaired) electrons. The highest BCUT2D eigenvalue weighted by Gasteiger charge is 2.42. The van der Waals surface area contributed by atoms with Gasteiger partial charge in [-0.2, -0.15) is 0 Å². The molecule has 1 saturated heterocycles. The molecule has 3 fully saturated rings. The summed E-state index contributed by atoms with van der Waals surface area (Å²) < 4.78 is 5.37. The monoisotopic (exact) mass is 546 g/mol. The number of carbonyl (C=O) groups is 2. The van der Waals surface area contributed by atoms with Gasteiger partial charge in [-0.25, -0.2) is 0 Å². The lowest BCUT2D eigenvalue weighted by atomic mass is 9.81. The molecule has 3 aliphatic rings. The van der Waals surface area contributed by atoms with Crippen LogP contribution in [-0.2, 0) is 11.3 Å². The average molecular weight is 547 g/mol. The Bertz CT molecular complexity index is 1150. The minimum atomic E-state index is -0.495. The van der Waals surface area contributed by atoms with Crippen molar-refractivity contribution in [3.05, 3.63) is 65.2 Å². The quantitative estimate of drug-likeness (QED) is 0.458. The standard InChI is InChI=1S/C33H46N4O3/c1-23-9-11-24(12-10-23)22-37(28-13-14-28)29-15-16-36(33(39)27-7-4-8-30(18-27)40-2)31(19-29)32(38)35-21-26-6-3-5-25(17-26)20-34/h4,7-12,18,25-26,28-29,31H,3,5-6,13-17,19-22,34H2,1-2H3,(H,35,38)/t25?,26?,29?,31-/m1/s1. The zero-order valence-corrected chi connectivity index (χ0v) is 24.2. The van der Waals surface area contributed by atoms with Crippen molar-refractivity contribution in [1.29, 1.82) is 0 Å². The van der Waals surface area contributed by atoms with Crippen molar-refractivity contribution in [2.45, 2.75) is 83.0 Å². The number of ether oxygens (including phenoxy) is 1. The Labute approximate surface area is 239 Å². The minimum Gasteiger partial charge on any atom is -0.497 e. The molecule has 2 aliphatic carbocycles. The third kappa shape index (κ3) is 7.05. The molecule has 5 rings (SSSR count). The highest BCUT2D eigenvalue weighted by molar-refractivity contribution is 5.98. The Morgan fingerprint density at radius 3 is 2.50 bits per heavy atom. The maximum Gasteiger partial charge on any atom is 0.254 e. The Morgan fingerprint density at radius 2 is 1.77 bits per heavy atom. The summed E-state index contributed by atoms with van der Waals surface area (Å²) in [6, 6.07) is 16.4. The third-order valence-electron chi connectivity index (χ3n) is 9.22. The molecule has 0 bridgehead atoms. The summed E-state index contributed by atoms with van der Waals surface area (Å²) in [7, 11) is 1.60. The van der Waals surface area contributed by atoms with E-state index in [9.17, 15) is 9.59 Å². The van der Waals surface area contributed by atoms with E-state index in [4.69, 9.17) is 10.5 Å². The summed E-state index contributed by atoms with van der Waals surface area (Å²) in [6.07, 6.45) is 8.48. The zero-order chi connectivity index (χ0) is 28.1. The van der Waals surface area contributed by atoms with E-state index < -0.39 is 6.04 Å². The Hall–Kier alpha value is -2.90. The van der Waals surface area contributed by atoms with E-state index in [1.807, 2.05) is 18.2 Å². The Morgan fingerprint density at radius 1 is 1.00 bits per heavy atom. The van der Waals surface area contributed by atoms with E-state index in [0.717, 1.165) is 32.4 Å². The van der Waals surface area contributed by atoms with Crippen LogP contribution in [0.4, 0.5) is 0 Å². The van der Waals surface area contributed by atoms with Gasteiger partial charge in [0, 0.05) is 37.3 Å². The van der Waals surface area contributed by atoms with Gasteiger partial charge < -0.3 is 20.7 Å². The molecule has 7 nitrogen and oxygen atoms in total. The average Bonchev–Trinajstić information content (AvgIpc) is 3.84. The predicted octanol–water partition coefficient (Wildman–Crippen LogP) is 4.52. The van der Waals surface area contributed by atoms with Crippen molar-refractivity contribution in [3.63, 3.8) is 0 Å². The van der Waals surface area contributed by atoms with Gasteiger partial charge in [-0.05, 0) is 94.0 Å². The smallest absolute Gasteiger partial charge is 0.254 e. The van der Waals surface area contributed by atoms with Crippen LogP contribution in [0, 0.1) is 18.8 Å². The normalized spacial score (nSPS) is 25.1. The lowest BCUT2D eigenvalue weighted by molar-refractivity contribution is -0.128. The van der Waals surface area contributed by atoms with E-state index in [2.05, 4.69) is 41.4 Å². The van der Waals surface area contributed by atoms with Crippen LogP contribution < -0.4 is 15.8 Å². The summed E-state index contributed by atoms with van der Waals surface area (Å²) in [5, 5.41) is 3.27. The molecular formula is C33H46N4O3. The number of carbonyl (C=O) groups excluding carboxylic acids is 2. The van der Waals surface area contributed by atoms with Gasteiger partial charge in [0.1, 0.15) is 11.8 Å². The Balaban J connectivity index is 1.33. The van der Waals surface area contributed by atoms with Crippen molar-refractivity contribution >= 4 is 11.8 Å². The molecule has 2 aromatic carbocycles. The molecule has 3 unspecified atom stereocenters. The molecule has 2 saturated carbocycles. The maximum absolute atomic E-state index is 13.8. The van der Waals surface area contributed by atoms with Crippen LogP contribution in [0.25, 0.3) is 0 Å². The van der Waals surface area contributed by atoms with E-state index in [-0.39, 0.29) is 17.9 Å². The van der Waals surface area contributed by atoms with E-state index >= 15 is 0 Å². The van der Waals surface area contributed by atoms with Crippen LogP contribution in [0.2, 0.25) is 0 Å². The molecule has 216 valence electrons. The molecular weight excluding hydrogens is 500 g/mol. The van der Waals surface area contributed by atoms with Crippen LogP contribution in [0.1, 0.15) is 72.9 Å². The fraction of sp³-hybridized carbons (Fsp3) is 0.576. The molecule has 2 amide bonds. The number of nitrogens with zero attached hydrogens (tertiary/aromatic N) is 2. The molecule has 1 heterocycles. The number of hydrogen-bond donors (Lipinski definition) is 2. The summed E-state index contributed by atoms with van der Waals surface area (Å²) in [5.74, 6) is 1.52. The number of nitrogens with one attached hydrogen (secondary N) is 1. The Kier molecular flexibility index (Phi) is 9.43. The van der Waals surface area contributed by atoms with Gasteiger partial charge in [0.25, 0.3) is 5.91 Å². The number of benzene rings is 2. The first-order valence-electron chi connectivity index (χ1n) is 15.2. The first-order valence-corrected chi connectivity index (χ1v) is 15.2. The number of likely N-dealkylation sites (tertiary alicyclic amines) is 1. The lowest BCUT2D eigenvalue weighted by Gasteiger charge is -2.43. The van der Waals surface area contributed by atoms with Gasteiger partial charge in [-0.3, -0.25) is 14.5 Å². The SMILES string of the molecule is COc1cccc(C(=O)N2CCC(N(Cc3ccc(C)cc3)C3CC3)C[C@@H]2C(=O)NCC2CCCC(CN)C2)c1. The second kappa shape index (κ2) is 13.2. The number of nitrogens with two attached hydrogens (primary N) is 1. The molecule has 2 aromatic rings. The highest BCUT2D eigenvalue weighted by Crippen LogP contribution is 2.35. The molecule has 0 spiro atoms. The van der Waals surface area contributed by atoms with Crippen LogP contribution in [0.3, 0.4) is 0 Å². The van der Waals surface area contributed by atoms with Crippen LogP contribution in [0.5, 0.6) is 5.75 Å². The lowest BCUT2D eigenvalue weighted by Crippen LogP contribution is -2.58. The third-order valence-corrected chi connectivity index (χ3v) is 9.22.